The molecule has 0 atom stereocenters. The minimum Gasteiger partial charge on any atom is -0.483 e. The van der Waals surface area contributed by atoms with Gasteiger partial charge in [0.25, 0.3) is 0 Å². The van der Waals surface area contributed by atoms with Crippen LogP contribution in [0.2, 0.25) is 0 Å². The highest BCUT2D eigenvalue weighted by Gasteiger charge is 2.23. The molecule has 0 heterocycles. The monoisotopic (exact) mass is 282 g/mol. The topological polar surface area (TPSA) is 98.0 Å². The number of ether oxygens (including phenoxy) is 1. The summed E-state index contributed by atoms with van der Waals surface area (Å²) in [5.74, 6) is 0.362. The molecule has 0 spiro atoms. The van der Waals surface area contributed by atoms with Gasteiger partial charge in [0.05, 0.1) is 6.61 Å². The zero-order valence-electron chi connectivity index (χ0n) is 11.2. The number of para-hydroxylation sites is 2. The van der Waals surface area contributed by atoms with Gasteiger partial charge in [-0.2, -0.15) is 10.5 Å². The Hall–Kier alpha value is -2.15. The summed E-state index contributed by atoms with van der Waals surface area (Å²) in [5, 5.41) is 15.7. The summed E-state index contributed by atoms with van der Waals surface area (Å²) in [4.78, 5) is 11.6. The largest absolute Gasteiger partial charge is 0.483 e. The smallest absolute Gasteiger partial charge is 0.343 e. The Bertz CT molecular complexity index is 463. The molecule has 0 aliphatic rings. The average Bonchev–Trinajstić information content (AvgIpc) is 2.41. The van der Waals surface area contributed by atoms with Gasteiger partial charge in [0, 0.05) is 7.05 Å². The fourth-order valence-electron chi connectivity index (χ4n) is 1.36. The molecule has 0 radical (unpaired) electrons. The number of hydrogen-bond acceptors (Lipinski definition) is 5. The molecular weight excluding hydrogens is 260 g/mol. The number of aliphatic hydroxyl groups excluding tert-OH is 1. The molecule has 0 bridgehead atoms. The van der Waals surface area contributed by atoms with E-state index in [-0.39, 0.29) is 14.0 Å². The van der Waals surface area contributed by atoms with Crippen molar-refractivity contribution in [2.45, 2.75) is 26.9 Å². The van der Waals surface area contributed by atoms with Crippen LogP contribution in [-0.2, 0) is 0 Å². The lowest BCUT2D eigenvalue weighted by Gasteiger charge is -2.26. The molecule has 1 aromatic rings. The Balaban J connectivity index is 0.00000361. The molecule has 0 aliphatic carbocycles. The van der Waals surface area contributed by atoms with Crippen LogP contribution in [0.25, 0.3) is 0 Å². The van der Waals surface area contributed by atoms with Crippen LogP contribution in [0.15, 0.2) is 29.5 Å². The molecule has 2 amide bonds. The third-order valence-electron chi connectivity index (χ3n) is 2.37. The number of nitrogens with one attached hydrogen (secondary N) is 2. The van der Waals surface area contributed by atoms with E-state index in [4.69, 9.17) is 10.3 Å². The van der Waals surface area contributed by atoms with E-state index in [0.717, 1.165) is 5.01 Å². The number of rotatable bonds is 5. The molecule has 7 heteroatoms. The van der Waals surface area contributed by atoms with E-state index >= 15 is 0 Å². The van der Waals surface area contributed by atoms with Crippen molar-refractivity contribution in [1.29, 1.82) is 5.53 Å². The van der Waals surface area contributed by atoms with Gasteiger partial charge in [0.2, 0.25) is 0 Å². The summed E-state index contributed by atoms with van der Waals surface area (Å²) in [6, 6.07) is 6.14. The number of amides is 2. The molecule has 20 heavy (non-hydrogen) atoms. The number of urea groups is 1. The highest BCUT2D eigenvalue weighted by atomic mass is 16.5. The minimum absolute atomic E-state index is 0. The fraction of sp³-hybridized carbons (Fsp3) is 0.462. The number of nitrogens with zero attached hydrogens (tertiary/aromatic N) is 2. The minimum atomic E-state index is -0.799. The number of anilines is 1. The van der Waals surface area contributed by atoms with Crippen molar-refractivity contribution in [3.63, 3.8) is 0 Å². The summed E-state index contributed by atoms with van der Waals surface area (Å²) in [7, 11) is 1.45. The number of hydrogen-bond donors (Lipinski definition) is 3. The molecule has 7 nitrogen and oxygen atoms in total. The van der Waals surface area contributed by atoms with Crippen LogP contribution in [-0.4, -0.2) is 30.4 Å². The zero-order valence-corrected chi connectivity index (χ0v) is 11.2. The van der Waals surface area contributed by atoms with E-state index < -0.39 is 11.6 Å². The Morgan fingerprint density at radius 2 is 2.10 bits per heavy atom. The third-order valence-corrected chi connectivity index (χ3v) is 2.37. The van der Waals surface area contributed by atoms with Crippen LogP contribution in [0.4, 0.5) is 10.5 Å². The summed E-state index contributed by atoms with van der Waals surface area (Å²) >= 11 is 0. The second-order valence-corrected chi connectivity index (χ2v) is 4.45. The second-order valence-electron chi connectivity index (χ2n) is 4.45. The van der Waals surface area contributed by atoms with E-state index in [1.165, 1.54) is 7.05 Å². The van der Waals surface area contributed by atoms with Gasteiger partial charge in [0.1, 0.15) is 17.0 Å². The molecule has 0 fully saturated rings. The van der Waals surface area contributed by atoms with Gasteiger partial charge in [-0.25, -0.2) is 4.79 Å². The average molecular weight is 282 g/mol. The van der Waals surface area contributed by atoms with Crippen molar-refractivity contribution in [3.05, 3.63) is 24.3 Å². The molecular formula is C13H22N4O3. The summed E-state index contributed by atoms with van der Waals surface area (Å²) in [6.07, 6.45) is 0. The van der Waals surface area contributed by atoms with E-state index in [1.54, 1.807) is 38.1 Å². The Kier molecular flexibility index (Phi) is 6.64. The quantitative estimate of drug-likeness (QED) is 0.571. The van der Waals surface area contributed by atoms with Gasteiger partial charge >= 0.3 is 6.03 Å². The lowest BCUT2D eigenvalue weighted by Crippen LogP contribution is -2.36. The maximum atomic E-state index is 11.6. The molecule has 3 N–H and O–H groups in total. The lowest BCUT2D eigenvalue weighted by atomic mass is 10.1. The first-order valence-electron chi connectivity index (χ1n) is 5.73. The van der Waals surface area contributed by atoms with Crippen molar-refractivity contribution in [3.8, 4) is 5.75 Å². The van der Waals surface area contributed by atoms with Crippen molar-refractivity contribution in [1.82, 2.24) is 5.32 Å². The summed E-state index contributed by atoms with van der Waals surface area (Å²) in [5.41, 5.74) is 6.62. The van der Waals surface area contributed by atoms with Gasteiger partial charge < -0.3 is 15.2 Å². The molecule has 0 unspecified atom stereocenters. The normalized spacial score (nSPS) is 10.2. The second kappa shape index (κ2) is 7.44. The van der Waals surface area contributed by atoms with Crippen molar-refractivity contribution in [2.24, 2.45) is 5.22 Å². The van der Waals surface area contributed by atoms with Crippen LogP contribution in [0.3, 0.4) is 0 Å². The Morgan fingerprint density at radius 1 is 1.50 bits per heavy atom. The van der Waals surface area contributed by atoms with Gasteiger partial charge in [-0.05, 0) is 26.0 Å². The molecule has 0 saturated carbocycles. The number of aliphatic hydroxyl groups is 1. The highest BCUT2D eigenvalue weighted by Crippen LogP contribution is 2.31. The van der Waals surface area contributed by atoms with Crippen molar-refractivity contribution in [2.75, 3.05) is 18.7 Å². The van der Waals surface area contributed by atoms with Crippen molar-refractivity contribution >= 4 is 11.7 Å². The van der Waals surface area contributed by atoms with Gasteiger partial charge in [-0.15, -0.1) is 0 Å². The fourth-order valence-corrected chi connectivity index (χ4v) is 1.36. The standard InChI is InChI=1S/C12H18N4O3.CH4/c1-12(2,8-17)19-10-7-5-4-6-9(10)16(15-13)11(18)14-3;/h4-7,13,17H,8H2,1-3H3,(H,14,18);1H4. The third kappa shape index (κ3) is 4.20. The first-order chi connectivity index (χ1) is 8.95. The van der Waals surface area contributed by atoms with Crippen LogP contribution in [0, 0.1) is 5.53 Å². The predicted octanol–water partition coefficient (Wildman–Crippen LogP) is 2.56. The van der Waals surface area contributed by atoms with E-state index in [9.17, 15) is 9.90 Å². The van der Waals surface area contributed by atoms with Crippen molar-refractivity contribution < 1.29 is 14.6 Å². The van der Waals surface area contributed by atoms with Crippen LogP contribution in [0.5, 0.6) is 5.75 Å². The number of benzene rings is 1. The first kappa shape index (κ1) is 17.8. The van der Waals surface area contributed by atoms with E-state index in [0.29, 0.717) is 11.4 Å². The Labute approximate surface area is 119 Å². The van der Waals surface area contributed by atoms with Gasteiger partial charge in [-0.3, -0.25) is 0 Å². The Morgan fingerprint density at radius 3 is 2.60 bits per heavy atom. The SMILES string of the molecule is C.CNC(=O)N(N=N)c1ccccc1OC(C)(C)CO. The van der Waals surface area contributed by atoms with Gasteiger partial charge in [0.15, 0.2) is 0 Å². The molecule has 0 aliphatic heterocycles. The van der Waals surface area contributed by atoms with E-state index in [1.807, 2.05) is 0 Å². The van der Waals surface area contributed by atoms with Crippen LogP contribution < -0.4 is 15.1 Å². The maximum absolute atomic E-state index is 11.6. The van der Waals surface area contributed by atoms with E-state index in [2.05, 4.69) is 10.5 Å². The molecule has 1 aromatic carbocycles. The number of carbonyl (C=O) groups is 1. The molecule has 1 rings (SSSR count). The first-order valence-corrected chi connectivity index (χ1v) is 5.73. The van der Waals surface area contributed by atoms with Crippen LogP contribution >= 0.6 is 0 Å². The predicted molar refractivity (Wildman–Crippen MR) is 77.0 cm³/mol. The number of carbonyl (C=O) groups excluding carboxylic acids is 1. The van der Waals surface area contributed by atoms with Gasteiger partial charge in [-0.1, -0.05) is 24.8 Å². The molecule has 112 valence electrons. The lowest BCUT2D eigenvalue weighted by molar-refractivity contribution is 0.0416. The summed E-state index contributed by atoms with van der Waals surface area (Å²) < 4.78 is 5.64. The maximum Gasteiger partial charge on any atom is 0.343 e. The highest BCUT2D eigenvalue weighted by molar-refractivity contribution is 5.92. The zero-order chi connectivity index (χ0) is 14.5. The molecule has 0 saturated heterocycles. The van der Waals surface area contributed by atoms with Crippen LogP contribution in [0.1, 0.15) is 21.3 Å². The summed E-state index contributed by atoms with van der Waals surface area (Å²) in [6.45, 7) is 3.25. The molecule has 0 aromatic heterocycles.